The van der Waals surface area contributed by atoms with Gasteiger partial charge >= 0.3 is 6.03 Å². The molecule has 4 rings (SSSR count). The van der Waals surface area contributed by atoms with Gasteiger partial charge in [-0.15, -0.1) is 21.5 Å². The number of amides is 2. The highest BCUT2D eigenvalue weighted by Gasteiger charge is 2.40. The van der Waals surface area contributed by atoms with E-state index in [4.69, 9.17) is 5.73 Å². The second-order valence-electron chi connectivity index (χ2n) is 7.31. The van der Waals surface area contributed by atoms with Crippen LogP contribution in [0.15, 0.2) is 36.7 Å². The van der Waals surface area contributed by atoms with Gasteiger partial charge in [0, 0.05) is 29.2 Å². The number of urea groups is 1. The Bertz CT molecular complexity index is 998. The molecule has 8 nitrogen and oxygen atoms in total. The second kappa shape index (κ2) is 8.12. The lowest BCUT2D eigenvalue weighted by atomic mass is 9.65. The Balaban J connectivity index is 1.41. The number of carbonyl (C=O) groups is 1. The lowest BCUT2D eigenvalue weighted by molar-refractivity contribution is 0.248. The van der Waals surface area contributed by atoms with E-state index in [1.165, 1.54) is 29.0 Å². The van der Waals surface area contributed by atoms with E-state index in [9.17, 15) is 4.79 Å². The SMILES string of the molecule is Cc1cccnc1C1(CNc2ccc(-c3ncc(CNC(N)=O)s3)nn2)CCC1. The molecule has 1 aliphatic carbocycles. The molecule has 1 fully saturated rings. The fourth-order valence-electron chi connectivity index (χ4n) is 3.62. The molecule has 3 heterocycles. The number of nitrogens with two attached hydrogens (primary N) is 1. The van der Waals surface area contributed by atoms with E-state index in [0.29, 0.717) is 12.2 Å². The van der Waals surface area contributed by atoms with E-state index < -0.39 is 6.03 Å². The van der Waals surface area contributed by atoms with Gasteiger partial charge in [0.2, 0.25) is 0 Å². The van der Waals surface area contributed by atoms with Crippen molar-refractivity contribution in [3.05, 3.63) is 52.8 Å². The molecule has 150 valence electrons. The van der Waals surface area contributed by atoms with Crippen LogP contribution in [-0.2, 0) is 12.0 Å². The summed E-state index contributed by atoms with van der Waals surface area (Å²) in [5.74, 6) is 0.737. The fraction of sp³-hybridized carbons (Fsp3) is 0.350. The van der Waals surface area contributed by atoms with Crippen molar-refractivity contribution in [2.45, 2.75) is 38.1 Å². The highest BCUT2D eigenvalue weighted by molar-refractivity contribution is 7.15. The molecule has 1 saturated carbocycles. The molecule has 0 radical (unpaired) electrons. The number of nitrogens with zero attached hydrogens (tertiary/aromatic N) is 4. The van der Waals surface area contributed by atoms with Crippen molar-refractivity contribution in [1.29, 1.82) is 0 Å². The molecule has 0 atom stereocenters. The highest BCUT2D eigenvalue weighted by Crippen LogP contribution is 2.44. The van der Waals surface area contributed by atoms with Crippen molar-refractivity contribution in [2.75, 3.05) is 11.9 Å². The molecule has 0 aromatic carbocycles. The van der Waals surface area contributed by atoms with Gasteiger partial charge in [-0.2, -0.15) is 0 Å². The minimum absolute atomic E-state index is 0.0727. The van der Waals surface area contributed by atoms with Crippen LogP contribution in [0.4, 0.5) is 10.6 Å². The number of hydrogen-bond acceptors (Lipinski definition) is 7. The van der Waals surface area contributed by atoms with Gasteiger partial charge in [0.25, 0.3) is 0 Å². The molecule has 0 aliphatic heterocycles. The summed E-state index contributed by atoms with van der Waals surface area (Å²) >= 11 is 1.45. The molecule has 2 amide bonds. The average Bonchev–Trinajstić information content (AvgIpc) is 3.16. The van der Waals surface area contributed by atoms with Gasteiger partial charge in [0.05, 0.1) is 12.2 Å². The summed E-state index contributed by atoms with van der Waals surface area (Å²) in [7, 11) is 0. The summed E-state index contributed by atoms with van der Waals surface area (Å²) in [5, 5.41) is 15.4. The van der Waals surface area contributed by atoms with Crippen molar-refractivity contribution in [3.63, 3.8) is 0 Å². The van der Waals surface area contributed by atoms with Gasteiger partial charge in [-0.1, -0.05) is 12.5 Å². The molecule has 29 heavy (non-hydrogen) atoms. The van der Waals surface area contributed by atoms with E-state index in [2.05, 4.69) is 43.8 Å². The van der Waals surface area contributed by atoms with E-state index >= 15 is 0 Å². The normalized spacial score (nSPS) is 14.8. The summed E-state index contributed by atoms with van der Waals surface area (Å²) in [6.07, 6.45) is 7.06. The predicted molar refractivity (Wildman–Crippen MR) is 113 cm³/mol. The maximum atomic E-state index is 10.8. The molecule has 1 aliphatic rings. The number of hydrogen-bond donors (Lipinski definition) is 3. The van der Waals surface area contributed by atoms with Crippen LogP contribution in [0.2, 0.25) is 0 Å². The predicted octanol–water partition coefficient (Wildman–Crippen LogP) is 3.01. The van der Waals surface area contributed by atoms with Gasteiger partial charge < -0.3 is 16.4 Å². The molecule has 0 spiro atoms. The first-order valence-corrected chi connectivity index (χ1v) is 10.4. The van der Waals surface area contributed by atoms with Crippen LogP contribution in [0.1, 0.15) is 35.4 Å². The number of anilines is 1. The average molecular weight is 410 g/mol. The summed E-state index contributed by atoms with van der Waals surface area (Å²) in [4.78, 5) is 20.7. The van der Waals surface area contributed by atoms with Crippen molar-refractivity contribution in [2.24, 2.45) is 5.73 Å². The minimum atomic E-state index is -0.555. The number of nitrogens with one attached hydrogen (secondary N) is 2. The maximum Gasteiger partial charge on any atom is 0.312 e. The topological polar surface area (TPSA) is 119 Å². The summed E-state index contributed by atoms with van der Waals surface area (Å²) in [6, 6.07) is 7.37. The molecular formula is C20H23N7OS. The standard InChI is InChI=1S/C20H23N7OS/c1-13-4-2-9-22-17(13)20(7-3-8-20)12-25-16-6-5-15(26-27-16)18-23-10-14(29-18)11-24-19(21)28/h2,4-6,9-10H,3,7-8,11-12H2,1H3,(H,25,27)(H3,21,24,28). The van der Waals surface area contributed by atoms with Crippen molar-refractivity contribution in [1.82, 2.24) is 25.5 Å². The second-order valence-corrected chi connectivity index (χ2v) is 8.42. The molecular weight excluding hydrogens is 386 g/mol. The first-order chi connectivity index (χ1) is 14.1. The molecule has 0 bridgehead atoms. The van der Waals surface area contributed by atoms with Gasteiger partial charge in [-0.3, -0.25) is 4.98 Å². The van der Waals surface area contributed by atoms with E-state index in [-0.39, 0.29) is 5.41 Å². The third kappa shape index (κ3) is 4.19. The van der Waals surface area contributed by atoms with Crippen LogP contribution in [0.3, 0.4) is 0 Å². The molecule has 4 N–H and O–H groups in total. The first-order valence-electron chi connectivity index (χ1n) is 9.54. The first kappa shape index (κ1) is 19.3. The Morgan fingerprint density at radius 3 is 2.76 bits per heavy atom. The Kier molecular flexibility index (Phi) is 5.39. The largest absolute Gasteiger partial charge is 0.368 e. The van der Waals surface area contributed by atoms with Crippen LogP contribution in [-0.4, -0.2) is 32.7 Å². The van der Waals surface area contributed by atoms with E-state index in [1.807, 2.05) is 24.4 Å². The van der Waals surface area contributed by atoms with Gasteiger partial charge in [-0.25, -0.2) is 9.78 Å². The summed E-state index contributed by atoms with van der Waals surface area (Å²) in [5.41, 5.74) is 8.29. The third-order valence-corrected chi connectivity index (χ3v) is 6.32. The Morgan fingerprint density at radius 1 is 1.24 bits per heavy atom. The number of pyridine rings is 1. The third-order valence-electron chi connectivity index (χ3n) is 5.30. The number of carbonyl (C=O) groups excluding carboxylic acids is 1. The van der Waals surface area contributed by atoms with E-state index in [1.54, 1.807) is 6.20 Å². The smallest absolute Gasteiger partial charge is 0.312 e. The number of rotatable bonds is 7. The molecule has 0 unspecified atom stereocenters. The van der Waals surface area contributed by atoms with Crippen LogP contribution < -0.4 is 16.4 Å². The van der Waals surface area contributed by atoms with Crippen LogP contribution in [0.5, 0.6) is 0 Å². The number of thiazole rings is 1. The van der Waals surface area contributed by atoms with Crippen molar-refractivity contribution >= 4 is 23.2 Å². The quantitative estimate of drug-likeness (QED) is 0.552. The summed E-state index contributed by atoms with van der Waals surface area (Å²) in [6.45, 7) is 3.27. The Morgan fingerprint density at radius 2 is 2.10 bits per heavy atom. The summed E-state index contributed by atoms with van der Waals surface area (Å²) < 4.78 is 0. The highest BCUT2D eigenvalue weighted by atomic mass is 32.1. The fourth-order valence-corrected chi connectivity index (χ4v) is 4.44. The van der Waals surface area contributed by atoms with Crippen LogP contribution in [0, 0.1) is 6.92 Å². The molecule has 9 heteroatoms. The maximum absolute atomic E-state index is 10.8. The van der Waals surface area contributed by atoms with Gasteiger partial charge in [0.15, 0.2) is 0 Å². The monoisotopic (exact) mass is 409 g/mol. The minimum Gasteiger partial charge on any atom is -0.368 e. The molecule has 0 saturated heterocycles. The number of primary amides is 1. The zero-order chi connectivity index (χ0) is 20.3. The molecule has 3 aromatic heterocycles. The lowest BCUT2D eigenvalue weighted by Gasteiger charge is -2.42. The Labute approximate surface area is 173 Å². The van der Waals surface area contributed by atoms with Crippen molar-refractivity contribution < 1.29 is 4.79 Å². The van der Waals surface area contributed by atoms with Gasteiger partial charge in [0.1, 0.15) is 16.5 Å². The molecule has 3 aromatic rings. The zero-order valence-electron chi connectivity index (χ0n) is 16.2. The number of aromatic nitrogens is 4. The van der Waals surface area contributed by atoms with Crippen LogP contribution in [0.25, 0.3) is 10.7 Å². The lowest BCUT2D eigenvalue weighted by Crippen LogP contribution is -2.42. The zero-order valence-corrected chi connectivity index (χ0v) is 17.0. The number of aryl methyl sites for hydroxylation is 1. The van der Waals surface area contributed by atoms with Crippen molar-refractivity contribution in [3.8, 4) is 10.7 Å². The van der Waals surface area contributed by atoms with Gasteiger partial charge in [-0.05, 0) is 43.5 Å². The Hall–Kier alpha value is -3.07. The van der Waals surface area contributed by atoms with E-state index in [0.717, 1.165) is 35.1 Å². The van der Waals surface area contributed by atoms with Crippen LogP contribution >= 0.6 is 11.3 Å².